The molecule has 7 heteroatoms. The summed E-state index contributed by atoms with van der Waals surface area (Å²) in [5.74, 6) is 0.547. The maximum Gasteiger partial charge on any atom is 0.274 e. The van der Waals surface area contributed by atoms with Gasteiger partial charge in [-0.05, 0) is 46.3 Å². The molecule has 124 valence electrons. The van der Waals surface area contributed by atoms with Crippen LogP contribution in [0.1, 0.15) is 35.3 Å². The second kappa shape index (κ2) is 6.39. The number of nitrogens with one attached hydrogen (secondary N) is 2. The van der Waals surface area contributed by atoms with Crippen LogP contribution in [-0.4, -0.2) is 37.5 Å². The number of para-hydroxylation sites is 1. The van der Waals surface area contributed by atoms with Crippen molar-refractivity contribution >= 4 is 32.9 Å². The highest BCUT2D eigenvalue weighted by atomic mass is 79.9. The number of hydrogen-bond acceptors (Lipinski definition) is 3. The average molecular weight is 388 g/mol. The molecule has 6 nitrogen and oxygen atoms in total. The number of rotatable bonds is 5. The van der Waals surface area contributed by atoms with E-state index >= 15 is 0 Å². The topological polar surface area (TPSA) is 77.7 Å². The molecule has 1 aromatic carbocycles. The number of aromatic nitrogens is 4. The van der Waals surface area contributed by atoms with E-state index < -0.39 is 0 Å². The van der Waals surface area contributed by atoms with E-state index in [2.05, 4.69) is 36.1 Å². The van der Waals surface area contributed by atoms with Gasteiger partial charge in [-0.1, -0.05) is 18.6 Å². The van der Waals surface area contributed by atoms with Gasteiger partial charge < -0.3 is 9.88 Å². The van der Waals surface area contributed by atoms with Crippen LogP contribution in [0.5, 0.6) is 0 Å². The number of benzene rings is 1. The molecule has 24 heavy (non-hydrogen) atoms. The number of H-pyrrole nitrogens is 2. The van der Waals surface area contributed by atoms with Crippen molar-refractivity contribution in [3.8, 4) is 0 Å². The van der Waals surface area contributed by atoms with Crippen LogP contribution in [0.4, 0.5) is 0 Å². The van der Waals surface area contributed by atoms with Crippen molar-refractivity contribution in [2.45, 2.75) is 25.8 Å². The molecule has 0 atom stereocenters. The summed E-state index contributed by atoms with van der Waals surface area (Å²) in [6.45, 7) is 1.31. The van der Waals surface area contributed by atoms with Crippen LogP contribution in [0.15, 0.2) is 35.2 Å². The molecule has 0 radical (unpaired) electrons. The molecule has 1 fully saturated rings. The fourth-order valence-electron chi connectivity index (χ4n) is 3.14. The van der Waals surface area contributed by atoms with Crippen molar-refractivity contribution in [2.75, 3.05) is 6.54 Å². The van der Waals surface area contributed by atoms with Crippen LogP contribution in [0.25, 0.3) is 11.0 Å². The Bertz CT molecular complexity index is 867. The lowest BCUT2D eigenvalue weighted by Gasteiger charge is -2.32. The molecule has 0 saturated heterocycles. The van der Waals surface area contributed by atoms with Crippen LogP contribution in [-0.2, 0) is 6.54 Å². The molecule has 4 rings (SSSR count). The third-order valence-corrected chi connectivity index (χ3v) is 5.06. The SMILES string of the molecule is O=C(c1cc(Br)[nH]n1)N(Cc1cccc2[nH]cnc12)CC1CCC1. The highest BCUT2D eigenvalue weighted by molar-refractivity contribution is 9.10. The molecule has 3 aromatic rings. The van der Waals surface area contributed by atoms with Gasteiger partial charge in [0.05, 0.1) is 17.4 Å². The van der Waals surface area contributed by atoms with Crippen LogP contribution in [0, 0.1) is 5.92 Å². The smallest absolute Gasteiger partial charge is 0.274 e. The summed E-state index contributed by atoms with van der Waals surface area (Å²) in [4.78, 5) is 22.3. The second-order valence-corrected chi connectivity index (χ2v) is 7.15. The predicted octanol–water partition coefficient (Wildman–Crippen LogP) is 3.49. The summed E-state index contributed by atoms with van der Waals surface area (Å²) < 4.78 is 0.712. The van der Waals surface area contributed by atoms with Crippen molar-refractivity contribution in [1.82, 2.24) is 25.1 Å². The normalized spacial score (nSPS) is 14.7. The lowest BCUT2D eigenvalue weighted by molar-refractivity contribution is 0.0674. The van der Waals surface area contributed by atoms with Crippen molar-refractivity contribution < 1.29 is 4.79 Å². The Morgan fingerprint density at radius 3 is 2.96 bits per heavy atom. The van der Waals surface area contributed by atoms with E-state index in [1.54, 1.807) is 12.4 Å². The lowest BCUT2D eigenvalue weighted by atomic mass is 9.85. The Labute approximate surface area is 147 Å². The molecule has 0 bridgehead atoms. The fraction of sp³-hybridized carbons (Fsp3) is 0.353. The molecule has 1 amide bonds. The number of imidazole rings is 1. The van der Waals surface area contributed by atoms with Gasteiger partial charge in [0.2, 0.25) is 0 Å². The highest BCUT2D eigenvalue weighted by Crippen LogP contribution is 2.29. The van der Waals surface area contributed by atoms with Gasteiger partial charge >= 0.3 is 0 Å². The third kappa shape index (κ3) is 2.96. The molecular formula is C17H18BrN5O. The first-order valence-corrected chi connectivity index (χ1v) is 8.91. The number of carbonyl (C=O) groups is 1. The Balaban J connectivity index is 1.62. The highest BCUT2D eigenvalue weighted by Gasteiger charge is 2.26. The van der Waals surface area contributed by atoms with Crippen molar-refractivity contribution in [3.63, 3.8) is 0 Å². The molecule has 2 aromatic heterocycles. The molecule has 0 unspecified atom stereocenters. The van der Waals surface area contributed by atoms with Gasteiger partial charge in [-0.15, -0.1) is 0 Å². The molecule has 2 N–H and O–H groups in total. The summed E-state index contributed by atoms with van der Waals surface area (Å²) >= 11 is 3.32. The molecule has 1 saturated carbocycles. The number of aromatic amines is 2. The zero-order chi connectivity index (χ0) is 16.5. The maximum absolute atomic E-state index is 12.9. The number of halogens is 1. The number of amides is 1. The Morgan fingerprint density at radius 2 is 2.25 bits per heavy atom. The summed E-state index contributed by atoms with van der Waals surface area (Å²) in [7, 11) is 0. The number of nitrogens with zero attached hydrogens (tertiary/aromatic N) is 3. The minimum atomic E-state index is -0.0450. The van der Waals surface area contributed by atoms with Gasteiger partial charge in [0, 0.05) is 19.2 Å². The molecule has 0 aliphatic heterocycles. The largest absolute Gasteiger partial charge is 0.345 e. The summed E-state index contributed by atoms with van der Waals surface area (Å²) in [6.07, 6.45) is 5.34. The number of fused-ring (bicyclic) bond motifs is 1. The van der Waals surface area contributed by atoms with Crippen LogP contribution >= 0.6 is 15.9 Å². The van der Waals surface area contributed by atoms with E-state index in [9.17, 15) is 4.79 Å². The van der Waals surface area contributed by atoms with E-state index in [0.717, 1.165) is 23.1 Å². The van der Waals surface area contributed by atoms with Crippen molar-refractivity contribution in [3.05, 3.63) is 46.5 Å². The van der Waals surface area contributed by atoms with E-state index in [-0.39, 0.29) is 5.91 Å². The first-order valence-electron chi connectivity index (χ1n) is 8.12. The van der Waals surface area contributed by atoms with Gasteiger partial charge in [0.25, 0.3) is 5.91 Å². The molecule has 1 aliphatic rings. The van der Waals surface area contributed by atoms with Crippen LogP contribution in [0.3, 0.4) is 0 Å². The van der Waals surface area contributed by atoms with Gasteiger partial charge in [-0.25, -0.2) is 4.98 Å². The van der Waals surface area contributed by atoms with E-state index in [1.165, 1.54) is 19.3 Å². The number of carbonyl (C=O) groups excluding carboxylic acids is 1. The predicted molar refractivity (Wildman–Crippen MR) is 94.5 cm³/mol. The van der Waals surface area contributed by atoms with Crippen molar-refractivity contribution in [2.24, 2.45) is 5.92 Å². The third-order valence-electron chi connectivity index (χ3n) is 4.65. The Morgan fingerprint density at radius 1 is 1.38 bits per heavy atom. The summed E-state index contributed by atoms with van der Waals surface area (Å²) in [5, 5.41) is 6.87. The van der Waals surface area contributed by atoms with Crippen LogP contribution in [0.2, 0.25) is 0 Å². The van der Waals surface area contributed by atoms with Gasteiger partial charge in [0.15, 0.2) is 5.69 Å². The number of hydrogen-bond donors (Lipinski definition) is 2. The Kier molecular flexibility index (Phi) is 4.10. The first kappa shape index (κ1) is 15.4. The minimum Gasteiger partial charge on any atom is -0.345 e. The molecule has 2 heterocycles. The first-order chi connectivity index (χ1) is 11.7. The standard InChI is InChI=1S/C17H18BrN5O/c18-15-7-14(21-22-15)17(24)23(8-11-3-1-4-11)9-12-5-2-6-13-16(12)20-10-19-13/h2,5-7,10-11H,1,3-4,8-9H2,(H,19,20)(H,21,22). The van der Waals surface area contributed by atoms with Gasteiger partial charge in [-0.3, -0.25) is 9.89 Å². The minimum absolute atomic E-state index is 0.0450. The van der Waals surface area contributed by atoms with Gasteiger partial charge in [-0.2, -0.15) is 5.10 Å². The lowest BCUT2D eigenvalue weighted by Crippen LogP contribution is -2.37. The fourth-order valence-corrected chi connectivity index (χ4v) is 3.44. The second-order valence-electron chi connectivity index (χ2n) is 6.30. The summed E-state index contributed by atoms with van der Waals surface area (Å²) in [5.41, 5.74) is 3.41. The van der Waals surface area contributed by atoms with E-state index in [1.807, 2.05) is 23.1 Å². The summed E-state index contributed by atoms with van der Waals surface area (Å²) in [6, 6.07) is 7.75. The quantitative estimate of drug-likeness (QED) is 0.703. The zero-order valence-corrected chi connectivity index (χ0v) is 14.7. The average Bonchev–Trinajstić information content (AvgIpc) is 3.17. The van der Waals surface area contributed by atoms with Crippen LogP contribution < -0.4 is 0 Å². The molecule has 1 aliphatic carbocycles. The Hall–Kier alpha value is -2.15. The van der Waals surface area contributed by atoms with E-state index in [0.29, 0.717) is 22.8 Å². The zero-order valence-electron chi connectivity index (χ0n) is 13.1. The van der Waals surface area contributed by atoms with Gasteiger partial charge in [0.1, 0.15) is 4.60 Å². The van der Waals surface area contributed by atoms with E-state index in [4.69, 9.17) is 0 Å². The maximum atomic E-state index is 12.9. The molecule has 0 spiro atoms. The van der Waals surface area contributed by atoms with Crippen molar-refractivity contribution in [1.29, 1.82) is 0 Å². The molecular weight excluding hydrogens is 370 g/mol. The monoisotopic (exact) mass is 387 g/mol.